The number of carbonyl (C=O) groups is 6. The SMILES string of the molecule is C=CCOCC(CC)(COCC=C)COC(=O)NCC1(C)CC(NC(=O)OCC(CC)(COCC=C)COCC=C)CC(C)(C)C1.C=CCOCC(COCC=C)(COCC=C)COC(=O)/C=C/C(=O)OCC(COCC=C)(COCC=C)COCC=C.C=CCOCC(COCC=C)(COCC=C)COC(=O)CCCCC(=O)OCC(COCC=C)(COCC=C)COCC=C. The molecule has 1 aliphatic rings. The molecular formula is C102H164N2O28. The highest BCUT2D eigenvalue weighted by atomic mass is 16.6. The molecular weight excluding hydrogens is 1700 g/mol. The topological polar surface area (TPSA) is 330 Å². The average molecular weight is 1870 g/mol. The van der Waals surface area contributed by atoms with E-state index in [4.69, 9.17) is 104 Å². The van der Waals surface area contributed by atoms with Crippen LogP contribution in [-0.2, 0) is 123 Å². The summed E-state index contributed by atoms with van der Waals surface area (Å²) in [6.07, 6.45) is 32.2. The first-order valence-corrected chi connectivity index (χ1v) is 44.7. The van der Waals surface area contributed by atoms with E-state index in [9.17, 15) is 28.8 Å². The van der Waals surface area contributed by atoms with Gasteiger partial charge in [0, 0.05) is 37.6 Å². The third kappa shape index (κ3) is 62.8. The number of esters is 4. The maximum atomic E-state index is 13.0. The molecule has 0 aromatic heterocycles. The smallest absolute Gasteiger partial charge is 0.407 e. The molecule has 0 heterocycles. The van der Waals surface area contributed by atoms with Crippen LogP contribution in [-0.4, -0.2) is 300 Å². The Hall–Kier alpha value is -8.64. The van der Waals surface area contributed by atoms with Crippen molar-refractivity contribution < 1.29 is 133 Å². The summed E-state index contributed by atoms with van der Waals surface area (Å²) in [6.45, 7) is 79.2. The second-order valence-corrected chi connectivity index (χ2v) is 33.6. The molecule has 2 atom stereocenters. The number of hydrogen-bond acceptors (Lipinski definition) is 28. The van der Waals surface area contributed by atoms with Gasteiger partial charge in [0.05, 0.1) is 244 Å². The van der Waals surface area contributed by atoms with Crippen molar-refractivity contribution in [3.63, 3.8) is 0 Å². The van der Waals surface area contributed by atoms with Crippen molar-refractivity contribution in [3.05, 3.63) is 215 Å². The Bertz CT molecular complexity index is 3010. The number of amides is 2. The standard InChI is InChI=1S/C36H62N2O8.C34H54O10.C32H48O10/c1-10-16-41-24-35(14-5,25-42-17-11-2)28-45-31(39)37-23-34(9)21-30(20-33(7,8)22-34)38-32(40)46-29-36(15-6,26-43-18-12-3)27-44-19-13-4;1-7-17-37-23-33(24-38-18-8-2,25-39-19-9-3)29-43-31(35)15-13-14-16-32(36)44-30-34(26-40-20-10-4,27-41-21-11-5)28-42-22-12-6;1-7-15-35-21-31(22-36-16-8-2,23-37-17-9-3)27-41-29(33)13-14-30(34)42-28-32(24-38-18-10-4,25-39-19-11-5)26-40-20-12-6/h10-13,30H,1-4,14-29H2,5-9H3,(H,37,39)(H,38,40);7-12H,1-6,13-30H2;7-14H,1-6,15-28H2/b;;14-13+. The molecule has 1 aliphatic carbocycles. The molecule has 132 heavy (non-hydrogen) atoms. The third-order valence-corrected chi connectivity index (χ3v) is 19.7. The predicted molar refractivity (Wildman–Crippen MR) is 516 cm³/mol. The Morgan fingerprint density at radius 2 is 0.485 bits per heavy atom. The summed E-state index contributed by atoms with van der Waals surface area (Å²) in [5, 5.41) is 6.07. The number of hydrogen-bond donors (Lipinski definition) is 2. The summed E-state index contributed by atoms with van der Waals surface area (Å²) < 4.78 is 125. The Labute approximate surface area is 789 Å². The normalized spacial score (nSPS) is 14.2. The fourth-order valence-corrected chi connectivity index (χ4v) is 13.3. The number of alkyl carbamates (subject to hydrolysis) is 2. The molecule has 2 amide bonds. The van der Waals surface area contributed by atoms with E-state index in [0.29, 0.717) is 171 Å². The van der Waals surface area contributed by atoms with Gasteiger partial charge in [-0.05, 0) is 55.8 Å². The molecule has 1 fully saturated rings. The van der Waals surface area contributed by atoms with Crippen LogP contribution < -0.4 is 10.6 Å². The van der Waals surface area contributed by atoms with Crippen molar-refractivity contribution in [2.45, 2.75) is 98.4 Å². The van der Waals surface area contributed by atoms with Gasteiger partial charge in [0.2, 0.25) is 0 Å². The second-order valence-electron chi connectivity index (χ2n) is 33.6. The highest BCUT2D eigenvalue weighted by Crippen LogP contribution is 2.46. The highest BCUT2D eigenvalue weighted by molar-refractivity contribution is 5.91. The lowest BCUT2D eigenvalue weighted by Gasteiger charge is -2.46. The van der Waals surface area contributed by atoms with Crippen molar-refractivity contribution in [2.24, 2.45) is 43.3 Å². The summed E-state index contributed by atoms with van der Waals surface area (Å²) in [4.78, 5) is 76.2. The van der Waals surface area contributed by atoms with Crippen LogP contribution in [0, 0.1) is 43.3 Å². The number of unbranched alkanes of at least 4 members (excludes halogenated alkanes) is 1. The van der Waals surface area contributed by atoms with E-state index in [2.05, 4.69) is 137 Å². The summed E-state index contributed by atoms with van der Waals surface area (Å²) in [5.74, 6) is -2.29. The molecule has 0 aromatic carbocycles. The minimum Gasteiger partial charge on any atom is -0.465 e. The number of rotatable bonds is 88. The van der Waals surface area contributed by atoms with Crippen LogP contribution in [0.4, 0.5) is 9.59 Å². The van der Waals surface area contributed by atoms with E-state index in [1.165, 1.54) is 0 Å². The molecule has 1 saturated carbocycles. The Morgan fingerprint density at radius 3 is 0.705 bits per heavy atom. The molecule has 0 bridgehead atoms. The van der Waals surface area contributed by atoms with Gasteiger partial charge in [-0.3, -0.25) is 9.59 Å². The molecule has 0 radical (unpaired) electrons. The van der Waals surface area contributed by atoms with E-state index in [1.807, 2.05) is 13.8 Å². The quantitative estimate of drug-likeness (QED) is 0.0188. The molecule has 0 aromatic rings. The van der Waals surface area contributed by atoms with Crippen molar-refractivity contribution in [1.82, 2.24) is 10.6 Å². The molecule has 30 heteroatoms. The maximum Gasteiger partial charge on any atom is 0.407 e. The van der Waals surface area contributed by atoms with Gasteiger partial charge in [-0.2, -0.15) is 0 Å². The first-order valence-electron chi connectivity index (χ1n) is 44.7. The second kappa shape index (κ2) is 79.7. The van der Waals surface area contributed by atoms with Crippen LogP contribution in [0.1, 0.15) is 92.4 Å². The summed E-state index contributed by atoms with van der Waals surface area (Å²) >= 11 is 0. The van der Waals surface area contributed by atoms with Crippen molar-refractivity contribution >= 4 is 36.1 Å². The largest absolute Gasteiger partial charge is 0.465 e. The predicted octanol–water partition coefficient (Wildman–Crippen LogP) is 15.3. The lowest BCUT2D eigenvalue weighted by Crippen LogP contribution is -2.51. The molecule has 0 aliphatic heterocycles. The van der Waals surface area contributed by atoms with Crippen LogP contribution in [0.2, 0.25) is 0 Å². The van der Waals surface area contributed by atoms with Gasteiger partial charge >= 0.3 is 36.1 Å². The Morgan fingerprint density at radius 1 is 0.280 bits per heavy atom. The summed E-state index contributed by atoms with van der Waals surface area (Å²) in [5.41, 5.74) is -4.39. The van der Waals surface area contributed by atoms with Crippen LogP contribution in [0.3, 0.4) is 0 Å². The van der Waals surface area contributed by atoms with Gasteiger partial charge in [0.15, 0.2) is 0 Å². The average Bonchev–Trinajstić information content (AvgIpc) is 0.783. The van der Waals surface area contributed by atoms with Crippen molar-refractivity contribution in [1.29, 1.82) is 0 Å². The van der Waals surface area contributed by atoms with Crippen molar-refractivity contribution in [3.8, 4) is 0 Å². The molecule has 1 rings (SSSR count). The first-order chi connectivity index (χ1) is 63.6. The van der Waals surface area contributed by atoms with Gasteiger partial charge in [-0.25, -0.2) is 19.2 Å². The number of carbonyl (C=O) groups excluding carboxylic acids is 6. The zero-order valence-electron chi connectivity index (χ0n) is 80.7. The lowest BCUT2D eigenvalue weighted by atomic mass is 9.62. The van der Waals surface area contributed by atoms with Gasteiger partial charge in [-0.15, -0.1) is 105 Å². The Kier molecular flexibility index (Phi) is 75.7. The van der Waals surface area contributed by atoms with E-state index in [1.54, 1.807) is 97.2 Å². The third-order valence-electron chi connectivity index (χ3n) is 19.7. The van der Waals surface area contributed by atoms with E-state index in [-0.39, 0.29) is 149 Å². The van der Waals surface area contributed by atoms with Crippen molar-refractivity contribution in [2.75, 3.05) is 258 Å². The molecule has 2 N–H and O–H groups in total. The number of ether oxygens (including phenoxy) is 22. The maximum absolute atomic E-state index is 13.0. The Balaban J connectivity index is 0. The summed E-state index contributed by atoms with van der Waals surface area (Å²) in [6, 6.07) is -0.124. The minimum atomic E-state index is -0.818. The van der Waals surface area contributed by atoms with Crippen LogP contribution >= 0.6 is 0 Å². The fourth-order valence-electron chi connectivity index (χ4n) is 13.3. The molecule has 30 nitrogen and oxygen atoms in total. The molecule has 2 unspecified atom stereocenters. The lowest BCUT2D eigenvalue weighted by molar-refractivity contribution is -0.157. The van der Waals surface area contributed by atoms with Crippen LogP contribution in [0.25, 0.3) is 0 Å². The molecule has 750 valence electrons. The van der Waals surface area contributed by atoms with E-state index in [0.717, 1.165) is 25.0 Å². The highest BCUT2D eigenvalue weighted by Gasteiger charge is 2.44. The number of nitrogens with one attached hydrogen (secondary N) is 2. The minimum absolute atomic E-state index is 0.0388. The zero-order chi connectivity index (χ0) is 98.7. The van der Waals surface area contributed by atoms with Crippen LogP contribution in [0.5, 0.6) is 0 Å². The fraction of sp³-hybridized carbons (Fsp3) is 0.608. The van der Waals surface area contributed by atoms with Gasteiger partial charge in [0.1, 0.15) is 39.6 Å². The van der Waals surface area contributed by atoms with Gasteiger partial charge in [-0.1, -0.05) is 132 Å². The first kappa shape index (κ1) is 125. The van der Waals surface area contributed by atoms with E-state index < -0.39 is 68.6 Å². The van der Waals surface area contributed by atoms with Crippen LogP contribution in [0.15, 0.2) is 215 Å². The van der Waals surface area contributed by atoms with Gasteiger partial charge < -0.3 is 115 Å². The zero-order valence-corrected chi connectivity index (χ0v) is 80.7. The van der Waals surface area contributed by atoms with E-state index >= 15 is 0 Å². The monoisotopic (exact) mass is 1870 g/mol. The summed E-state index contributed by atoms with van der Waals surface area (Å²) in [7, 11) is 0. The van der Waals surface area contributed by atoms with Gasteiger partial charge in [0.25, 0.3) is 0 Å². The molecule has 0 saturated heterocycles. The molecule has 0 spiro atoms.